The highest BCUT2D eigenvalue weighted by molar-refractivity contribution is 6.01. The van der Waals surface area contributed by atoms with Gasteiger partial charge >= 0.3 is 0 Å². The molecule has 0 atom stereocenters. The molecule has 2 aliphatic carbocycles. The summed E-state index contributed by atoms with van der Waals surface area (Å²) in [5.41, 5.74) is 15.3. The van der Waals surface area contributed by atoms with Crippen LogP contribution < -0.4 is 9.80 Å². The number of rotatable bonds is 4. The maximum atomic E-state index is 5.11. The number of aliphatic imine (C=N–C) groups is 2. The lowest BCUT2D eigenvalue weighted by atomic mass is 9.70. The topological polar surface area (TPSA) is 57.0 Å². The standard InChI is InChI=1S/C51H50N6/c1-31-54-47(3,4)49(7,8)56(31)35-21-25-45(52-29-35)33-19-23-39-40-24-20-34(46-26-22-36(30-53-46)57-32(2)55-48(5,6)50(57,9)10)28-44(40)51(43(39)27-33)41-17-13-11-15-37(41)38-16-12-14-18-42(38)51/h11-30H,1-10H3. The van der Waals surface area contributed by atoms with E-state index in [1.54, 1.807) is 0 Å². The molecule has 0 bridgehead atoms. The predicted octanol–water partition coefficient (Wildman–Crippen LogP) is 11.7. The van der Waals surface area contributed by atoms with Gasteiger partial charge in [0.25, 0.3) is 0 Å². The van der Waals surface area contributed by atoms with E-state index in [1.165, 1.54) is 44.5 Å². The van der Waals surface area contributed by atoms with Crippen molar-refractivity contribution in [2.45, 2.75) is 96.8 Å². The minimum atomic E-state index is -0.499. The van der Waals surface area contributed by atoms with Gasteiger partial charge in [-0.25, -0.2) is 0 Å². The van der Waals surface area contributed by atoms with Crippen molar-refractivity contribution in [3.8, 4) is 44.8 Å². The molecule has 0 saturated carbocycles. The second-order valence-corrected chi connectivity index (χ2v) is 18.4. The van der Waals surface area contributed by atoms with E-state index in [-0.39, 0.29) is 22.2 Å². The van der Waals surface area contributed by atoms with E-state index in [4.69, 9.17) is 20.0 Å². The molecule has 6 nitrogen and oxygen atoms in total. The molecule has 0 amide bonds. The van der Waals surface area contributed by atoms with Crippen LogP contribution in [-0.4, -0.2) is 43.8 Å². The van der Waals surface area contributed by atoms with Gasteiger partial charge < -0.3 is 9.80 Å². The quantitative estimate of drug-likeness (QED) is 0.180. The number of aromatic nitrogens is 2. The first kappa shape index (κ1) is 35.5. The molecular weight excluding hydrogens is 697 g/mol. The Kier molecular flexibility index (Phi) is 7.23. The van der Waals surface area contributed by atoms with Gasteiger partial charge in [0.05, 0.1) is 62.7 Å². The summed E-state index contributed by atoms with van der Waals surface area (Å²) in [5.74, 6) is 2.04. The Labute approximate surface area is 337 Å². The van der Waals surface area contributed by atoms with Crippen LogP contribution in [0.25, 0.3) is 44.8 Å². The number of benzene rings is 4. The van der Waals surface area contributed by atoms with Crippen molar-refractivity contribution >= 4 is 23.0 Å². The van der Waals surface area contributed by atoms with Crippen molar-refractivity contribution in [3.05, 3.63) is 144 Å². The largest absolute Gasteiger partial charge is 0.321 e. The number of nitrogens with zero attached hydrogens (tertiary/aromatic N) is 6. The Morgan fingerprint density at radius 3 is 1.16 bits per heavy atom. The molecule has 10 rings (SSSR count). The van der Waals surface area contributed by atoms with E-state index in [2.05, 4.69) is 188 Å². The van der Waals surface area contributed by atoms with Gasteiger partial charge in [0.15, 0.2) is 0 Å². The van der Waals surface area contributed by atoms with Crippen molar-refractivity contribution in [3.63, 3.8) is 0 Å². The van der Waals surface area contributed by atoms with E-state index < -0.39 is 5.41 Å². The van der Waals surface area contributed by atoms with Gasteiger partial charge in [-0.1, -0.05) is 72.8 Å². The van der Waals surface area contributed by atoms with Gasteiger partial charge in [0, 0.05) is 11.1 Å². The molecular formula is C51H50N6. The Bertz CT molecular complexity index is 2520. The lowest BCUT2D eigenvalue weighted by Crippen LogP contribution is -2.53. The minimum Gasteiger partial charge on any atom is -0.321 e. The van der Waals surface area contributed by atoms with Gasteiger partial charge in [-0.05, 0) is 150 Å². The van der Waals surface area contributed by atoms with Crippen LogP contribution in [0.15, 0.2) is 132 Å². The van der Waals surface area contributed by atoms with Crippen LogP contribution in [0.1, 0.15) is 91.5 Å². The average Bonchev–Trinajstić information content (AvgIpc) is 3.76. The second-order valence-electron chi connectivity index (χ2n) is 18.4. The molecule has 0 N–H and O–H groups in total. The smallest absolute Gasteiger partial charge is 0.102 e. The first-order valence-corrected chi connectivity index (χ1v) is 20.2. The fourth-order valence-electron chi connectivity index (χ4n) is 10.4. The maximum Gasteiger partial charge on any atom is 0.102 e. The monoisotopic (exact) mass is 746 g/mol. The molecule has 57 heavy (non-hydrogen) atoms. The zero-order valence-electron chi connectivity index (χ0n) is 34.7. The van der Waals surface area contributed by atoms with Crippen LogP contribution in [0.4, 0.5) is 11.4 Å². The van der Waals surface area contributed by atoms with E-state index in [0.717, 1.165) is 45.6 Å². The third-order valence-corrected chi connectivity index (χ3v) is 14.3. The predicted molar refractivity (Wildman–Crippen MR) is 237 cm³/mol. The summed E-state index contributed by atoms with van der Waals surface area (Å²) in [5, 5.41) is 0. The molecule has 2 aromatic heterocycles. The van der Waals surface area contributed by atoms with E-state index in [9.17, 15) is 0 Å². The Hall–Kier alpha value is -5.88. The fraction of sp³-hybridized carbons (Fsp3) is 0.294. The van der Waals surface area contributed by atoms with Crippen LogP contribution in [0, 0.1) is 0 Å². The Morgan fingerprint density at radius 1 is 0.421 bits per heavy atom. The van der Waals surface area contributed by atoms with Gasteiger partial charge in [-0.3, -0.25) is 20.0 Å². The van der Waals surface area contributed by atoms with Gasteiger partial charge in [-0.2, -0.15) is 0 Å². The molecule has 0 radical (unpaired) electrons. The molecule has 4 aromatic carbocycles. The number of pyridine rings is 2. The molecule has 0 unspecified atom stereocenters. The summed E-state index contributed by atoms with van der Waals surface area (Å²) in [7, 11) is 0. The van der Waals surface area contributed by atoms with Crippen LogP contribution in [0.5, 0.6) is 0 Å². The normalized spacial score (nSPS) is 19.5. The lowest BCUT2D eigenvalue weighted by molar-refractivity contribution is 0.338. The van der Waals surface area contributed by atoms with E-state index in [0.29, 0.717) is 0 Å². The molecule has 4 heterocycles. The average molecular weight is 747 g/mol. The maximum absolute atomic E-state index is 5.11. The third kappa shape index (κ3) is 4.64. The SMILES string of the molecule is CC1=NC(C)(C)C(C)(C)N1c1ccc(-c2ccc3c(c2)C2(c4ccccc4-c4ccccc42)c2cc(-c4ccc(N5C(C)=NC(C)(C)C5(C)C)cn4)ccc2-3)nc1. The van der Waals surface area contributed by atoms with Gasteiger partial charge in [-0.15, -0.1) is 0 Å². The molecule has 4 aliphatic rings. The van der Waals surface area contributed by atoms with Crippen LogP contribution in [-0.2, 0) is 5.41 Å². The van der Waals surface area contributed by atoms with E-state index in [1.807, 2.05) is 12.4 Å². The lowest BCUT2D eigenvalue weighted by Gasteiger charge is -2.41. The van der Waals surface area contributed by atoms with Gasteiger partial charge in [0.2, 0.25) is 0 Å². The number of amidine groups is 2. The van der Waals surface area contributed by atoms with Crippen molar-refractivity contribution in [1.29, 1.82) is 0 Å². The van der Waals surface area contributed by atoms with Gasteiger partial charge in [0.1, 0.15) is 11.7 Å². The minimum absolute atomic E-state index is 0.179. The highest BCUT2D eigenvalue weighted by atomic mass is 15.3. The first-order chi connectivity index (χ1) is 27.1. The fourth-order valence-corrected chi connectivity index (χ4v) is 10.4. The van der Waals surface area contributed by atoms with Crippen molar-refractivity contribution < 1.29 is 0 Å². The highest BCUT2D eigenvalue weighted by Crippen LogP contribution is 2.63. The summed E-state index contributed by atoms with van der Waals surface area (Å²) in [6.45, 7) is 22.1. The van der Waals surface area contributed by atoms with Crippen molar-refractivity contribution in [2.24, 2.45) is 9.98 Å². The molecule has 284 valence electrons. The molecule has 1 spiro atoms. The Balaban J connectivity index is 1.10. The van der Waals surface area contributed by atoms with Crippen molar-refractivity contribution in [2.75, 3.05) is 9.80 Å². The molecule has 0 fully saturated rings. The summed E-state index contributed by atoms with van der Waals surface area (Å²) < 4.78 is 0. The van der Waals surface area contributed by atoms with Crippen molar-refractivity contribution in [1.82, 2.24) is 9.97 Å². The van der Waals surface area contributed by atoms with Crippen LogP contribution >= 0.6 is 0 Å². The number of hydrogen-bond acceptors (Lipinski definition) is 6. The second kappa shape index (κ2) is 11.6. The number of fused-ring (bicyclic) bond motifs is 10. The number of hydrogen-bond donors (Lipinski definition) is 0. The summed E-state index contributed by atoms with van der Waals surface area (Å²) in [6.07, 6.45) is 4.03. The van der Waals surface area contributed by atoms with Crippen LogP contribution in [0.2, 0.25) is 0 Å². The Morgan fingerprint density at radius 2 is 0.807 bits per heavy atom. The first-order valence-electron chi connectivity index (χ1n) is 20.2. The third-order valence-electron chi connectivity index (χ3n) is 14.3. The molecule has 0 saturated heterocycles. The molecule has 6 heteroatoms. The summed E-state index contributed by atoms with van der Waals surface area (Å²) in [4.78, 5) is 24.9. The summed E-state index contributed by atoms with van der Waals surface area (Å²) in [6, 6.07) is 40.6. The highest BCUT2D eigenvalue weighted by Gasteiger charge is 2.52. The number of anilines is 2. The van der Waals surface area contributed by atoms with Crippen LogP contribution in [0.3, 0.4) is 0 Å². The molecule has 2 aliphatic heterocycles. The summed E-state index contributed by atoms with van der Waals surface area (Å²) >= 11 is 0. The van der Waals surface area contributed by atoms with E-state index >= 15 is 0 Å². The zero-order chi connectivity index (χ0) is 39.9. The zero-order valence-corrected chi connectivity index (χ0v) is 34.7. The molecule has 6 aromatic rings.